The third-order valence-electron chi connectivity index (χ3n) is 4.39. The fraction of sp³-hybridized carbons (Fsp3) is 0.588. The van der Waals surface area contributed by atoms with E-state index in [4.69, 9.17) is 4.74 Å². The van der Waals surface area contributed by atoms with Gasteiger partial charge in [0.05, 0.1) is 25.4 Å². The van der Waals surface area contributed by atoms with Gasteiger partial charge in [-0.25, -0.2) is 0 Å². The lowest BCUT2D eigenvalue weighted by molar-refractivity contribution is -0.124. The van der Waals surface area contributed by atoms with Gasteiger partial charge in [0, 0.05) is 19.6 Å². The number of aliphatic hydroxyl groups excluding tert-OH is 1. The van der Waals surface area contributed by atoms with Crippen molar-refractivity contribution in [3.8, 4) is 0 Å². The van der Waals surface area contributed by atoms with E-state index < -0.39 is 6.10 Å². The van der Waals surface area contributed by atoms with E-state index in [1.807, 2.05) is 11.0 Å². The zero-order valence-corrected chi connectivity index (χ0v) is 12.8. The van der Waals surface area contributed by atoms with Crippen molar-refractivity contribution >= 4 is 5.91 Å². The predicted octanol–water partition coefficient (Wildman–Crippen LogP) is 0.873. The van der Waals surface area contributed by atoms with Crippen LogP contribution in [0.2, 0.25) is 0 Å². The van der Waals surface area contributed by atoms with Gasteiger partial charge in [0.2, 0.25) is 5.91 Å². The number of nitrogens with zero attached hydrogens (tertiary/aromatic N) is 1. The number of ether oxygens (including phenoxy) is 1. The number of aliphatic hydroxyl groups is 1. The highest BCUT2D eigenvalue weighted by Gasteiger charge is 2.23. The molecule has 1 amide bonds. The van der Waals surface area contributed by atoms with Crippen LogP contribution in [0.5, 0.6) is 0 Å². The Morgan fingerprint density at radius 3 is 3.14 bits per heavy atom. The molecule has 0 bridgehead atoms. The summed E-state index contributed by atoms with van der Waals surface area (Å²) in [4.78, 5) is 13.3. The van der Waals surface area contributed by atoms with E-state index >= 15 is 0 Å². The van der Waals surface area contributed by atoms with Crippen LogP contribution < -0.4 is 5.32 Å². The highest BCUT2D eigenvalue weighted by atomic mass is 16.5. The van der Waals surface area contributed by atoms with E-state index in [0.717, 1.165) is 25.8 Å². The number of piperazine rings is 1. The molecule has 22 heavy (non-hydrogen) atoms. The first-order chi connectivity index (χ1) is 10.7. The maximum absolute atomic E-state index is 11.3. The van der Waals surface area contributed by atoms with Crippen molar-refractivity contribution in [2.45, 2.75) is 31.5 Å². The van der Waals surface area contributed by atoms with Gasteiger partial charge in [-0.05, 0) is 30.4 Å². The van der Waals surface area contributed by atoms with Gasteiger partial charge in [0.25, 0.3) is 0 Å². The molecular formula is C17H24N2O3. The van der Waals surface area contributed by atoms with Crippen LogP contribution in [0, 0.1) is 0 Å². The van der Waals surface area contributed by atoms with Crippen molar-refractivity contribution in [3.63, 3.8) is 0 Å². The lowest BCUT2D eigenvalue weighted by atomic mass is 9.89. The van der Waals surface area contributed by atoms with Crippen LogP contribution in [0.15, 0.2) is 24.3 Å². The molecule has 0 saturated carbocycles. The minimum atomic E-state index is -0.556. The number of carbonyl (C=O) groups excluding carboxylic acids is 1. The van der Waals surface area contributed by atoms with Gasteiger partial charge in [-0.3, -0.25) is 9.69 Å². The molecule has 2 atom stereocenters. The van der Waals surface area contributed by atoms with Gasteiger partial charge >= 0.3 is 0 Å². The first kappa shape index (κ1) is 15.5. The number of carbonyl (C=O) groups is 1. The van der Waals surface area contributed by atoms with Gasteiger partial charge in [-0.2, -0.15) is 0 Å². The number of hydrogen-bond acceptors (Lipinski definition) is 4. The third kappa shape index (κ3) is 3.85. The summed E-state index contributed by atoms with van der Waals surface area (Å²) in [5.74, 6) is 0.0283. The Kier molecular flexibility index (Phi) is 5.08. The Morgan fingerprint density at radius 2 is 2.27 bits per heavy atom. The highest BCUT2D eigenvalue weighted by Crippen LogP contribution is 2.32. The van der Waals surface area contributed by atoms with Crippen LogP contribution >= 0.6 is 0 Å². The second-order valence-corrected chi connectivity index (χ2v) is 6.15. The monoisotopic (exact) mass is 304 g/mol. The number of benzene rings is 1. The number of aryl methyl sites for hydroxylation is 1. The summed E-state index contributed by atoms with van der Waals surface area (Å²) in [6, 6.07) is 8.40. The molecule has 1 aliphatic carbocycles. The number of β-amino-alcohol motifs (C(OH)–C–C–N with tert-alkyl or cyclic N) is 1. The predicted molar refractivity (Wildman–Crippen MR) is 83.5 cm³/mol. The van der Waals surface area contributed by atoms with E-state index in [2.05, 4.69) is 23.5 Å². The molecule has 5 heteroatoms. The molecule has 1 heterocycles. The Bertz CT molecular complexity index is 520. The summed E-state index contributed by atoms with van der Waals surface area (Å²) < 4.78 is 5.96. The topological polar surface area (TPSA) is 61.8 Å². The molecule has 120 valence electrons. The molecule has 3 rings (SSSR count). The minimum absolute atomic E-state index is 0.0283. The smallest absolute Gasteiger partial charge is 0.234 e. The normalized spacial score (nSPS) is 23.7. The summed E-state index contributed by atoms with van der Waals surface area (Å²) in [7, 11) is 0. The van der Waals surface area contributed by atoms with Crippen molar-refractivity contribution in [3.05, 3.63) is 35.4 Å². The molecule has 2 unspecified atom stereocenters. The van der Waals surface area contributed by atoms with Crippen LogP contribution in [0.25, 0.3) is 0 Å². The lowest BCUT2D eigenvalue weighted by Gasteiger charge is -2.30. The summed E-state index contributed by atoms with van der Waals surface area (Å²) in [5, 5.41) is 13.0. The molecule has 2 N–H and O–H groups in total. The SMILES string of the molecule is O=C1CN(CC(O)COC2CCCc3ccccc32)CCN1. The van der Waals surface area contributed by atoms with Gasteiger partial charge in [-0.1, -0.05) is 24.3 Å². The summed E-state index contributed by atoms with van der Waals surface area (Å²) >= 11 is 0. The molecule has 0 radical (unpaired) electrons. The summed E-state index contributed by atoms with van der Waals surface area (Å²) in [6.07, 6.45) is 2.78. The van der Waals surface area contributed by atoms with Crippen LogP contribution in [-0.2, 0) is 16.0 Å². The molecule has 1 aromatic carbocycles. The molecule has 1 aromatic rings. The fourth-order valence-electron chi connectivity index (χ4n) is 3.31. The number of fused-ring (bicyclic) bond motifs is 1. The van der Waals surface area contributed by atoms with Crippen molar-refractivity contribution in [1.82, 2.24) is 10.2 Å². The van der Waals surface area contributed by atoms with Crippen molar-refractivity contribution in [2.75, 3.05) is 32.8 Å². The largest absolute Gasteiger partial charge is 0.389 e. The first-order valence-corrected chi connectivity index (χ1v) is 8.09. The zero-order chi connectivity index (χ0) is 15.4. The van der Waals surface area contributed by atoms with E-state index in [9.17, 15) is 9.90 Å². The van der Waals surface area contributed by atoms with E-state index in [1.165, 1.54) is 11.1 Å². The number of amides is 1. The molecule has 0 spiro atoms. The Morgan fingerprint density at radius 1 is 1.41 bits per heavy atom. The van der Waals surface area contributed by atoms with Crippen LogP contribution in [-0.4, -0.2) is 54.8 Å². The van der Waals surface area contributed by atoms with Crippen molar-refractivity contribution in [1.29, 1.82) is 0 Å². The van der Waals surface area contributed by atoms with E-state index in [-0.39, 0.29) is 12.0 Å². The highest BCUT2D eigenvalue weighted by molar-refractivity contribution is 5.78. The first-order valence-electron chi connectivity index (χ1n) is 8.09. The van der Waals surface area contributed by atoms with Crippen LogP contribution in [0.1, 0.15) is 30.1 Å². The van der Waals surface area contributed by atoms with Gasteiger partial charge in [0.1, 0.15) is 0 Å². The summed E-state index contributed by atoms with van der Waals surface area (Å²) in [6.45, 7) is 2.61. The fourth-order valence-corrected chi connectivity index (χ4v) is 3.31. The number of nitrogens with one attached hydrogen (secondary N) is 1. The Hall–Kier alpha value is -1.43. The standard InChI is InChI=1S/C17H24N2O3/c20-14(10-19-9-8-18-17(21)11-19)12-22-16-7-3-5-13-4-1-2-6-15(13)16/h1-2,4,6,14,16,20H,3,5,7-12H2,(H,18,21). The molecular weight excluding hydrogens is 280 g/mol. The van der Waals surface area contributed by atoms with Gasteiger partial charge < -0.3 is 15.2 Å². The Balaban J connectivity index is 1.49. The molecule has 1 fully saturated rings. The molecule has 2 aliphatic rings. The maximum Gasteiger partial charge on any atom is 0.234 e. The van der Waals surface area contributed by atoms with Crippen molar-refractivity contribution in [2.24, 2.45) is 0 Å². The minimum Gasteiger partial charge on any atom is -0.389 e. The van der Waals surface area contributed by atoms with Gasteiger partial charge in [-0.15, -0.1) is 0 Å². The number of rotatable bonds is 5. The molecule has 1 aliphatic heterocycles. The summed E-state index contributed by atoms with van der Waals surface area (Å²) in [5.41, 5.74) is 2.62. The van der Waals surface area contributed by atoms with E-state index in [1.54, 1.807) is 0 Å². The lowest BCUT2D eigenvalue weighted by Crippen LogP contribution is -2.50. The van der Waals surface area contributed by atoms with Crippen molar-refractivity contribution < 1.29 is 14.6 Å². The third-order valence-corrected chi connectivity index (χ3v) is 4.39. The number of hydrogen-bond donors (Lipinski definition) is 2. The van der Waals surface area contributed by atoms with E-state index in [0.29, 0.717) is 26.2 Å². The average molecular weight is 304 g/mol. The molecule has 0 aromatic heterocycles. The second-order valence-electron chi connectivity index (χ2n) is 6.15. The quantitative estimate of drug-likeness (QED) is 0.847. The molecule has 5 nitrogen and oxygen atoms in total. The maximum atomic E-state index is 11.3. The Labute approximate surface area is 131 Å². The van der Waals surface area contributed by atoms with Crippen LogP contribution in [0.4, 0.5) is 0 Å². The second kappa shape index (κ2) is 7.22. The van der Waals surface area contributed by atoms with Crippen LogP contribution in [0.3, 0.4) is 0 Å². The zero-order valence-electron chi connectivity index (χ0n) is 12.8. The average Bonchev–Trinajstić information content (AvgIpc) is 2.53. The van der Waals surface area contributed by atoms with Gasteiger partial charge in [0.15, 0.2) is 0 Å². The molecule has 1 saturated heterocycles.